The summed E-state index contributed by atoms with van der Waals surface area (Å²) in [4.78, 5) is 15.0. The highest BCUT2D eigenvalue weighted by Crippen LogP contribution is 2.42. The van der Waals surface area contributed by atoms with Crippen molar-refractivity contribution in [2.24, 2.45) is 0 Å². The molecule has 10 rings (SSSR count). The van der Waals surface area contributed by atoms with Crippen LogP contribution >= 0.6 is 11.3 Å². The second kappa shape index (κ2) is 11.6. The van der Waals surface area contributed by atoms with Gasteiger partial charge in [-0.3, -0.25) is 0 Å². The molecule has 0 saturated heterocycles. The van der Waals surface area contributed by atoms with Gasteiger partial charge in [0, 0.05) is 47.6 Å². The van der Waals surface area contributed by atoms with Gasteiger partial charge >= 0.3 is 0 Å². The fraction of sp³-hybridized carbons (Fsp3) is 0. The molecule has 3 aromatic heterocycles. The minimum atomic E-state index is -0.194. The maximum absolute atomic E-state index is 9.24. The minimum absolute atomic E-state index is 0.0657. The van der Waals surface area contributed by atoms with Gasteiger partial charge in [-0.2, -0.15) is 0 Å². The molecule has 10 aromatic rings. The Morgan fingerprint density at radius 3 is 1.76 bits per heavy atom. The van der Waals surface area contributed by atoms with Crippen molar-refractivity contribution >= 4 is 53.3 Å². The quantitative estimate of drug-likeness (QED) is 0.184. The van der Waals surface area contributed by atoms with Gasteiger partial charge in [-0.05, 0) is 41.4 Å². The van der Waals surface area contributed by atoms with Gasteiger partial charge in [-0.15, -0.1) is 11.3 Å². The number of nitrogens with zero attached hydrogens (tertiary/aromatic N) is 4. The van der Waals surface area contributed by atoms with Crippen LogP contribution < -0.4 is 0 Å². The summed E-state index contributed by atoms with van der Waals surface area (Å²) in [5.74, 6) is 1.21. The van der Waals surface area contributed by atoms with E-state index in [2.05, 4.69) is 6.07 Å². The lowest BCUT2D eigenvalue weighted by molar-refractivity contribution is 1.06. The summed E-state index contributed by atoms with van der Waals surface area (Å²) >= 11 is 1.55. The minimum Gasteiger partial charge on any atom is -0.308 e. The third kappa shape index (κ3) is 4.63. The molecule has 5 heteroatoms. The summed E-state index contributed by atoms with van der Waals surface area (Å²) in [5.41, 5.74) is 4.76. The Hall–Kier alpha value is -6.43. The van der Waals surface area contributed by atoms with Crippen LogP contribution in [0.5, 0.6) is 0 Å². The predicted molar refractivity (Wildman–Crippen MR) is 209 cm³/mol. The first-order valence-electron chi connectivity index (χ1n) is 19.6. The Kier molecular flexibility index (Phi) is 5.17. The van der Waals surface area contributed by atoms with E-state index in [4.69, 9.17) is 21.8 Å². The molecule has 0 amide bonds. The third-order valence-electron chi connectivity index (χ3n) is 8.94. The standard InChI is InChI=1S/C45H28N4S/c1-3-14-29(15-4-1)43-46-44(30-16-5-2-6-17-30)48-45(47-43)37-27-26-31(32-21-13-22-36-35-20-9-12-25-41(35)50-42(32)36)28-40(37)49-38-23-10-7-18-33(38)34-19-8-11-24-39(34)49/h1-28H/i7D,8D,18D,19D,23D,24D,25D. The molecule has 3 heterocycles. The van der Waals surface area contributed by atoms with Crippen LogP contribution in [-0.2, 0) is 0 Å². The van der Waals surface area contributed by atoms with Crippen LogP contribution in [0, 0.1) is 0 Å². The molecule has 0 aliphatic heterocycles. The Labute approximate surface area is 302 Å². The van der Waals surface area contributed by atoms with Gasteiger partial charge in [0.25, 0.3) is 0 Å². The summed E-state index contributed by atoms with van der Waals surface area (Å²) in [5, 5.41) is 2.34. The van der Waals surface area contributed by atoms with E-state index in [1.54, 1.807) is 22.0 Å². The molecular formula is C45H28N4S. The lowest BCUT2D eigenvalue weighted by Gasteiger charge is -2.16. The molecule has 0 unspecified atom stereocenters. The van der Waals surface area contributed by atoms with Crippen LogP contribution in [0.3, 0.4) is 0 Å². The van der Waals surface area contributed by atoms with Crippen molar-refractivity contribution in [3.8, 4) is 51.0 Å². The molecule has 50 heavy (non-hydrogen) atoms. The summed E-state index contributed by atoms with van der Waals surface area (Å²) in [6.45, 7) is 0. The third-order valence-corrected chi connectivity index (χ3v) is 10.1. The summed E-state index contributed by atoms with van der Waals surface area (Å²) in [6.07, 6.45) is 0. The Morgan fingerprint density at radius 2 is 1.08 bits per heavy atom. The normalized spacial score (nSPS) is 13.6. The van der Waals surface area contributed by atoms with E-state index < -0.39 is 0 Å². The average molecular weight is 664 g/mol. The van der Waals surface area contributed by atoms with E-state index in [9.17, 15) is 2.74 Å². The first kappa shape index (κ1) is 22.3. The molecule has 0 fully saturated rings. The van der Waals surface area contributed by atoms with Crippen molar-refractivity contribution in [3.05, 3.63) is 170 Å². The smallest absolute Gasteiger partial charge is 0.166 e. The first-order chi connectivity index (χ1) is 27.7. The van der Waals surface area contributed by atoms with E-state index in [-0.39, 0.29) is 58.1 Å². The van der Waals surface area contributed by atoms with Gasteiger partial charge in [0.05, 0.1) is 26.3 Å². The molecule has 234 valence electrons. The molecule has 0 radical (unpaired) electrons. The molecule has 0 N–H and O–H groups in total. The summed E-state index contributed by atoms with van der Waals surface area (Å²) in [7, 11) is 0. The molecule has 0 spiro atoms. The Morgan fingerprint density at radius 1 is 0.460 bits per heavy atom. The zero-order valence-corrected chi connectivity index (χ0v) is 27.1. The van der Waals surface area contributed by atoms with Crippen LogP contribution in [0.15, 0.2) is 170 Å². The number of hydrogen-bond donors (Lipinski definition) is 0. The number of fused-ring (bicyclic) bond motifs is 6. The highest BCUT2D eigenvalue weighted by Gasteiger charge is 2.21. The van der Waals surface area contributed by atoms with E-state index >= 15 is 0 Å². The molecule has 0 bridgehead atoms. The Balaban J connectivity index is 1.35. The maximum Gasteiger partial charge on any atom is 0.166 e. The molecule has 0 aliphatic rings. The van der Waals surface area contributed by atoms with Crippen molar-refractivity contribution in [1.29, 1.82) is 0 Å². The van der Waals surface area contributed by atoms with Crippen LogP contribution in [-0.4, -0.2) is 19.5 Å². The van der Waals surface area contributed by atoms with Gasteiger partial charge in [-0.25, -0.2) is 15.0 Å². The molecular weight excluding hydrogens is 629 g/mol. The van der Waals surface area contributed by atoms with Crippen LogP contribution in [0.4, 0.5) is 0 Å². The highest BCUT2D eigenvalue weighted by atomic mass is 32.1. The topological polar surface area (TPSA) is 43.6 Å². The average Bonchev–Trinajstić information content (AvgIpc) is 3.81. The monoisotopic (exact) mass is 663 g/mol. The van der Waals surface area contributed by atoms with E-state index in [0.29, 0.717) is 34.8 Å². The van der Waals surface area contributed by atoms with Gasteiger partial charge in [-0.1, -0.05) is 139 Å². The second-order valence-electron chi connectivity index (χ2n) is 11.9. The van der Waals surface area contributed by atoms with Crippen LogP contribution in [0.1, 0.15) is 9.60 Å². The summed E-state index contributed by atoms with van der Waals surface area (Å²) in [6, 6.07) is 39.0. The number of benzene rings is 7. The Bertz CT molecular complexity index is 3140. The van der Waals surface area contributed by atoms with Crippen molar-refractivity contribution in [2.45, 2.75) is 0 Å². The molecule has 0 atom stereocenters. The number of para-hydroxylation sites is 2. The lowest BCUT2D eigenvalue weighted by atomic mass is 9.99. The van der Waals surface area contributed by atoms with Crippen molar-refractivity contribution in [2.75, 3.05) is 0 Å². The van der Waals surface area contributed by atoms with Crippen molar-refractivity contribution in [3.63, 3.8) is 0 Å². The number of thiophene rings is 1. The zero-order valence-electron chi connectivity index (χ0n) is 33.3. The van der Waals surface area contributed by atoms with E-state index in [1.165, 1.54) is 12.1 Å². The fourth-order valence-electron chi connectivity index (χ4n) is 6.66. The van der Waals surface area contributed by atoms with Crippen LogP contribution in [0.25, 0.3) is 93.0 Å². The van der Waals surface area contributed by atoms with Gasteiger partial charge in [0.15, 0.2) is 17.5 Å². The zero-order chi connectivity index (χ0) is 39.1. The lowest BCUT2D eigenvalue weighted by Crippen LogP contribution is -2.04. The number of hydrogen-bond acceptors (Lipinski definition) is 4. The number of aromatic nitrogens is 4. The number of rotatable bonds is 5. The summed E-state index contributed by atoms with van der Waals surface area (Å²) < 4.78 is 65.9. The first-order valence-corrected chi connectivity index (χ1v) is 16.9. The fourth-order valence-corrected chi connectivity index (χ4v) is 7.87. The second-order valence-corrected chi connectivity index (χ2v) is 12.9. The highest BCUT2D eigenvalue weighted by molar-refractivity contribution is 7.26. The van der Waals surface area contributed by atoms with Gasteiger partial charge in [0.1, 0.15) is 0 Å². The van der Waals surface area contributed by atoms with Crippen molar-refractivity contribution in [1.82, 2.24) is 19.5 Å². The predicted octanol–water partition coefficient (Wildman–Crippen LogP) is 12.0. The van der Waals surface area contributed by atoms with Gasteiger partial charge < -0.3 is 4.57 Å². The van der Waals surface area contributed by atoms with Gasteiger partial charge in [0.2, 0.25) is 0 Å². The largest absolute Gasteiger partial charge is 0.308 e. The molecule has 4 nitrogen and oxygen atoms in total. The van der Waals surface area contributed by atoms with E-state index in [0.717, 1.165) is 42.4 Å². The SMILES string of the molecule is [2H]c1cc([2H])c2c(c1[2H])c1c([2H])c([2H])cc([2H])c1n2-c1cc(-c2cccc3c2sc2c([2H])cccc23)ccc1-c1nc(-c2ccccc2)nc(-c2ccccc2)n1. The molecule has 0 saturated carbocycles. The molecule has 7 aromatic carbocycles. The van der Waals surface area contributed by atoms with E-state index in [1.807, 2.05) is 103 Å². The maximum atomic E-state index is 9.24. The van der Waals surface area contributed by atoms with Crippen LogP contribution in [0.2, 0.25) is 0 Å². The van der Waals surface area contributed by atoms with Crippen molar-refractivity contribution < 1.29 is 9.60 Å². The molecule has 0 aliphatic carbocycles.